The Morgan fingerprint density at radius 1 is 1.56 bits per heavy atom. The Kier molecular flexibility index (Phi) is 3.62. The number of aromatic nitrogens is 1. The van der Waals surface area contributed by atoms with Crippen molar-refractivity contribution in [3.05, 3.63) is 16.6 Å². The molecule has 1 unspecified atom stereocenters. The van der Waals surface area contributed by atoms with Gasteiger partial charge in [0.1, 0.15) is 5.01 Å². The van der Waals surface area contributed by atoms with Crippen LogP contribution < -0.4 is 5.32 Å². The van der Waals surface area contributed by atoms with Crippen LogP contribution in [0.25, 0.3) is 0 Å². The second-order valence-electron chi connectivity index (χ2n) is 4.97. The molecule has 0 aromatic carbocycles. The van der Waals surface area contributed by atoms with Crippen molar-refractivity contribution in [3.63, 3.8) is 0 Å². The summed E-state index contributed by atoms with van der Waals surface area (Å²) >= 11 is 1.76. The molecular weight excluding hydrogens is 218 g/mol. The summed E-state index contributed by atoms with van der Waals surface area (Å²) in [6, 6.07) is 0.632. The smallest absolute Gasteiger partial charge is 0.112 e. The van der Waals surface area contributed by atoms with Gasteiger partial charge in [0.2, 0.25) is 0 Å². The average Bonchev–Trinajstić information content (AvgIpc) is 2.83. The van der Waals surface area contributed by atoms with Gasteiger partial charge < -0.3 is 5.32 Å². The van der Waals surface area contributed by atoms with Gasteiger partial charge in [0.25, 0.3) is 0 Å². The van der Waals surface area contributed by atoms with Crippen LogP contribution in [0.4, 0.5) is 0 Å². The van der Waals surface area contributed by atoms with Crippen molar-refractivity contribution in [3.8, 4) is 0 Å². The molecule has 0 bridgehead atoms. The predicted molar refractivity (Wildman–Crippen MR) is 68.8 cm³/mol. The van der Waals surface area contributed by atoms with Crippen LogP contribution >= 0.6 is 11.3 Å². The molecule has 0 aliphatic carbocycles. The third-order valence-corrected chi connectivity index (χ3v) is 4.66. The maximum Gasteiger partial charge on any atom is 0.112 e. The summed E-state index contributed by atoms with van der Waals surface area (Å²) in [4.78, 5) is 7.02. The summed E-state index contributed by atoms with van der Waals surface area (Å²) in [5.41, 5.74) is 0.0731. The van der Waals surface area contributed by atoms with Gasteiger partial charge in [0.05, 0.1) is 5.54 Å². The van der Waals surface area contributed by atoms with E-state index in [0.717, 1.165) is 6.54 Å². The fraction of sp³-hybridized carbons (Fsp3) is 0.750. The third kappa shape index (κ3) is 2.29. The number of hydrogen-bond donors (Lipinski definition) is 1. The van der Waals surface area contributed by atoms with Crippen molar-refractivity contribution in [2.45, 2.75) is 38.3 Å². The Morgan fingerprint density at radius 3 is 3.00 bits per heavy atom. The summed E-state index contributed by atoms with van der Waals surface area (Å²) in [5.74, 6) is 0. The van der Waals surface area contributed by atoms with Crippen LogP contribution in [0.2, 0.25) is 0 Å². The van der Waals surface area contributed by atoms with E-state index in [2.05, 4.69) is 41.5 Å². The van der Waals surface area contributed by atoms with Gasteiger partial charge in [-0.2, -0.15) is 0 Å². The van der Waals surface area contributed by atoms with E-state index in [1.54, 1.807) is 11.3 Å². The van der Waals surface area contributed by atoms with Crippen LogP contribution in [-0.4, -0.2) is 36.1 Å². The number of piperidine rings is 1. The molecule has 3 nitrogen and oxygen atoms in total. The predicted octanol–water partition coefficient (Wildman–Crippen LogP) is 2.06. The second kappa shape index (κ2) is 4.82. The zero-order valence-corrected chi connectivity index (χ0v) is 11.2. The highest BCUT2D eigenvalue weighted by molar-refractivity contribution is 7.09. The fourth-order valence-electron chi connectivity index (χ4n) is 2.38. The van der Waals surface area contributed by atoms with Crippen LogP contribution in [0.3, 0.4) is 0 Å². The van der Waals surface area contributed by atoms with Gasteiger partial charge in [-0.25, -0.2) is 4.98 Å². The first-order valence-corrected chi connectivity index (χ1v) is 6.85. The van der Waals surface area contributed by atoms with Gasteiger partial charge in [-0.15, -0.1) is 11.3 Å². The molecule has 90 valence electrons. The van der Waals surface area contributed by atoms with E-state index in [1.807, 2.05) is 6.20 Å². The maximum absolute atomic E-state index is 4.47. The Balaban J connectivity index is 2.11. The number of likely N-dealkylation sites (tertiary alicyclic amines) is 1. The lowest BCUT2D eigenvalue weighted by Crippen LogP contribution is -2.51. The molecule has 4 heteroatoms. The van der Waals surface area contributed by atoms with Crippen molar-refractivity contribution >= 4 is 11.3 Å². The van der Waals surface area contributed by atoms with Gasteiger partial charge in [-0.3, -0.25) is 4.90 Å². The minimum atomic E-state index is 0.0731. The monoisotopic (exact) mass is 239 g/mol. The standard InChI is InChI=1S/C12H21N3S/c1-12(2,11-14-6-8-16-11)15-7-4-5-10(9-15)13-3/h6,8,10,13H,4-5,7,9H2,1-3H3. The molecule has 16 heavy (non-hydrogen) atoms. The molecule has 1 aliphatic rings. The van der Waals surface area contributed by atoms with Crippen LogP contribution in [0.1, 0.15) is 31.7 Å². The van der Waals surface area contributed by atoms with Gasteiger partial charge in [0.15, 0.2) is 0 Å². The van der Waals surface area contributed by atoms with Crippen molar-refractivity contribution in [2.75, 3.05) is 20.1 Å². The molecule has 2 rings (SSSR count). The Morgan fingerprint density at radius 2 is 2.38 bits per heavy atom. The van der Waals surface area contributed by atoms with E-state index in [-0.39, 0.29) is 5.54 Å². The number of thiazole rings is 1. The lowest BCUT2D eigenvalue weighted by atomic mass is 9.97. The number of nitrogens with zero attached hydrogens (tertiary/aromatic N) is 2. The van der Waals surface area contributed by atoms with Crippen LogP contribution in [0, 0.1) is 0 Å². The van der Waals surface area contributed by atoms with Crippen molar-refractivity contribution in [2.24, 2.45) is 0 Å². The first kappa shape index (κ1) is 12.0. The normalized spacial score (nSPS) is 23.6. The summed E-state index contributed by atoms with van der Waals surface area (Å²) in [6.45, 7) is 6.88. The quantitative estimate of drug-likeness (QED) is 0.875. The van der Waals surface area contributed by atoms with Crippen LogP contribution in [0.5, 0.6) is 0 Å². The lowest BCUT2D eigenvalue weighted by Gasteiger charge is -2.42. The van der Waals surface area contributed by atoms with E-state index in [1.165, 1.54) is 24.4 Å². The molecule has 1 aromatic rings. The van der Waals surface area contributed by atoms with E-state index in [0.29, 0.717) is 6.04 Å². The summed E-state index contributed by atoms with van der Waals surface area (Å²) in [7, 11) is 2.06. The molecular formula is C12H21N3S. The molecule has 0 spiro atoms. The Hall–Kier alpha value is -0.450. The van der Waals surface area contributed by atoms with Crippen LogP contribution in [0.15, 0.2) is 11.6 Å². The molecule has 1 aromatic heterocycles. The van der Waals surface area contributed by atoms with Crippen molar-refractivity contribution in [1.29, 1.82) is 0 Å². The molecule has 0 saturated carbocycles. The van der Waals surface area contributed by atoms with Crippen molar-refractivity contribution in [1.82, 2.24) is 15.2 Å². The molecule has 1 N–H and O–H groups in total. The molecule has 1 aliphatic heterocycles. The first-order valence-electron chi connectivity index (χ1n) is 5.97. The van der Waals surface area contributed by atoms with Crippen LogP contribution in [-0.2, 0) is 5.54 Å². The molecule has 1 saturated heterocycles. The first-order chi connectivity index (χ1) is 7.64. The molecule has 2 heterocycles. The zero-order chi connectivity index (χ0) is 11.6. The molecule has 1 fully saturated rings. The topological polar surface area (TPSA) is 28.2 Å². The highest BCUT2D eigenvalue weighted by atomic mass is 32.1. The SMILES string of the molecule is CNC1CCCN(C(C)(C)c2nccs2)C1. The highest BCUT2D eigenvalue weighted by Gasteiger charge is 2.34. The number of hydrogen-bond acceptors (Lipinski definition) is 4. The average molecular weight is 239 g/mol. The second-order valence-corrected chi connectivity index (χ2v) is 5.86. The maximum atomic E-state index is 4.47. The minimum absolute atomic E-state index is 0.0731. The van der Waals surface area contributed by atoms with E-state index < -0.39 is 0 Å². The summed E-state index contributed by atoms with van der Waals surface area (Å²) in [5, 5.41) is 6.68. The number of likely N-dealkylation sites (N-methyl/N-ethyl adjacent to an activating group) is 1. The number of rotatable bonds is 3. The van der Waals surface area contributed by atoms with E-state index >= 15 is 0 Å². The molecule has 0 amide bonds. The van der Waals surface area contributed by atoms with E-state index in [4.69, 9.17) is 0 Å². The Labute approximate surface area is 102 Å². The number of nitrogens with one attached hydrogen (secondary N) is 1. The minimum Gasteiger partial charge on any atom is -0.316 e. The summed E-state index contributed by atoms with van der Waals surface area (Å²) in [6.07, 6.45) is 4.47. The zero-order valence-electron chi connectivity index (χ0n) is 10.4. The largest absolute Gasteiger partial charge is 0.316 e. The fourth-order valence-corrected chi connectivity index (χ4v) is 3.17. The summed E-state index contributed by atoms with van der Waals surface area (Å²) < 4.78 is 0. The molecule has 1 atom stereocenters. The van der Waals surface area contributed by atoms with Gasteiger partial charge in [0, 0.05) is 24.2 Å². The van der Waals surface area contributed by atoms with Gasteiger partial charge in [-0.1, -0.05) is 0 Å². The third-order valence-electron chi connectivity index (χ3n) is 3.58. The lowest BCUT2D eigenvalue weighted by molar-refractivity contribution is 0.0777. The van der Waals surface area contributed by atoms with Gasteiger partial charge >= 0.3 is 0 Å². The van der Waals surface area contributed by atoms with Crippen molar-refractivity contribution < 1.29 is 0 Å². The highest BCUT2D eigenvalue weighted by Crippen LogP contribution is 2.31. The van der Waals surface area contributed by atoms with Gasteiger partial charge in [-0.05, 0) is 40.3 Å². The Bertz CT molecular complexity index is 321. The van der Waals surface area contributed by atoms with E-state index in [9.17, 15) is 0 Å². The molecule has 0 radical (unpaired) electrons.